The van der Waals surface area contributed by atoms with Crippen LogP contribution in [0.4, 0.5) is 13.2 Å². The van der Waals surface area contributed by atoms with Crippen molar-refractivity contribution in [1.29, 1.82) is 0 Å². The molecular weight excluding hydrogens is 373 g/mol. The van der Waals surface area contributed by atoms with Crippen molar-refractivity contribution < 1.29 is 18.0 Å². The number of carbonyl (C=O) groups excluding carboxylic acids is 1. The van der Waals surface area contributed by atoms with Crippen LogP contribution >= 0.6 is 11.3 Å². The molecule has 0 radical (unpaired) electrons. The van der Waals surface area contributed by atoms with E-state index in [1.807, 2.05) is 27.7 Å². The van der Waals surface area contributed by atoms with Gasteiger partial charge in [0.25, 0.3) is 0 Å². The maximum absolute atomic E-state index is 12.6. The van der Waals surface area contributed by atoms with E-state index in [4.69, 9.17) is 0 Å². The Morgan fingerprint density at radius 1 is 1.11 bits per heavy atom. The Balaban J connectivity index is 0. The number of hydrogen-bond acceptors (Lipinski definition) is 3. The van der Waals surface area contributed by atoms with Gasteiger partial charge >= 0.3 is 6.18 Å². The van der Waals surface area contributed by atoms with E-state index in [-0.39, 0.29) is 11.5 Å². The number of unbranched alkanes of at least 4 members (excludes halogenated alkanes) is 2. The second-order valence-corrected chi connectivity index (χ2v) is 6.19. The third-order valence-electron chi connectivity index (χ3n) is 3.08. The molecule has 0 saturated carbocycles. The second kappa shape index (κ2) is 14.4. The minimum Gasteiger partial charge on any atom is -0.294 e. The van der Waals surface area contributed by atoms with Crippen LogP contribution in [0.2, 0.25) is 0 Å². The summed E-state index contributed by atoms with van der Waals surface area (Å²) in [6, 6.07) is 4.17. The summed E-state index contributed by atoms with van der Waals surface area (Å²) in [4.78, 5) is 12.2. The molecule has 0 amide bonds. The molecule has 0 unspecified atom stereocenters. The summed E-state index contributed by atoms with van der Waals surface area (Å²) in [6.07, 6.45) is -0.354. The van der Waals surface area contributed by atoms with E-state index in [0.717, 1.165) is 22.1 Å². The van der Waals surface area contributed by atoms with Gasteiger partial charge < -0.3 is 0 Å². The molecule has 7 heteroatoms. The molecule has 156 valence electrons. The first-order chi connectivity index (χ1) is 12.7. The van der Waals surface area contributed by atoms with Gasteiger partial charge in [0.2, 0.25) is 0 Å². The molecule has 0 bridgehead atoms. The molecule has 0 aliphatic heterocycles. The Morgan fingerprint density at radius 2 is 1.63 bits per heavy atom. The van der Waals surface area contributed by atoms with Crippen LogP contribution in [0.1, 0.15) is 83.1 Å². The van der Waals surface area contributed by atoms with Crippen molar-refractivity contribution in [3.05, 3.63) is 28.8 Å². The molecule has 2 rings (SSSR count). The average molecular weight is 407 g/mol. The van der Waals surface area contributed by atoms with Gasteiger partial charge in [-0.05, 0) is 25.1 Å². The third-order valence-corrected chi connectivity index (χ3v) is 4.29. The maximum atomic E-state index is 12.6. The van der Waals surface area contributed by atoms with E-state index < -0.39 is 11.9 Å². The van der Waals surface area contributed by atoms with Gasteiger partial charge in [0.1, 0.15) is 11.4 Å². The number of nitrogens with zero attached hydrogens (tertiary/aromatic N) is 2. The highest BCUT2D eigenvalue weighted by atomic mass is 32.1. The minimum atomic E-state index is -4.43. The van der Waals surface area contributed by atoms with Crippen LogP contribution in [0.25, 0.3) is 10.6 Å². The lowest BCUT2D eigenvalue weighted by molar-refractivity contribution is -0.143. The summed E-state index contributed by atoms with van der Waals surface area (Å²) in [6.45, 7) is 13.8. The van der Waals surface area contributed by atoms with E-state index in [1.165, 1.54) is 33.2 Å². The van der Waals surface area contributed by atoms with E-state index >= 15 is 0 Å². The molecule has 0 aliphatic rings. The number of aryl methyl sites for hydroxylation is 1. The largest absolute Gasteiger partial charge is 0.433 e. The lowest BCUT2D eigenvalue weighted by Crippen LogP contribution is -2.11. The molecule has 2 aromatic heterocycles. The number of aromatic nitrogens is 2. The number of alkyl halides is 3. The first-order valence-corrected chi connectivity index (χ1v) is 10.2. The molecule has 0 aromatic carbocycles. The summed E-state index contributed by atoms with van der Waals surface area (Å²) in [5, 5.41) is 3.82. The topological polar surface area (TPSA) is 34.9 Å². The van der Waals surface area contributed by atoms with Crippen molar-refractivity contribution in [2.24, 2.45) is 7.05 Å². The van der Waals surface area contributed by atoms with Crippen LogP contribution in [0.5, 0.6) is 0 Å². The SMILES string of the molecule is CC.CC.CC(=O)c1ccc(-c2cc(C(F)(F)F)n(C)n2)s1.CCCCC. The Kier molecular flexibility index (Phi) is 14.7. The predicted octanol–water partition coefficient (Wildman–Crippen LogP) is 7.62. The van der Waals surface area contributed by atoms with E-state index in [2.05, 4.69) is 18.9 Å². The number of carbonyl (C=O) groups is 1. The normalized spacial score (nSPS) is 9.89. The Morgan fingerprint density at radius 3 is 1.93 bits per heavy atom. The van der Waals surface area contributed by atoms with Crippen LogP contribution in [-0.4, -0.2) is 15.6 Å². The predicted molar refractivity (Wildman–Crippen MR) is 109 cm³/mol. The first kappa shape index (κ1) is 27.6. The number of Topliss-reactive ketones (excluding diaryl/α,β-unsaturated/α-hetero) is 1. The number of hydrogen-bond donors (Lipinski definition) is 0. The van der Waals surface area contributed by atoms with Crippen LogP contribution < -0.4 is 0 Å². The molecule has 0 aliphatic carbocycles. The maximum Gasteiger partial charge on any atom is 0.433 e. The standard InChI is InChI=1S/C11H9F3N2OS.C5H12.2C2H6/c1-6(17)8-3-4-9(18-8)7-5-10(11(12,13)14)16(2)15-7;1-3-5-4-2;2*1-2/h3-5H,1-2H3;3-5H2,1-2H3;2*1-2H3. The smallest absolute Gasteiger partial charge is 0.294 e. The van der Waals surface area contributed by atoms with Crippen LogP contribution in [0.3, 0.4) is 0 Å². The van der Waals surface area contributed by atoms with Gasteiger partial charge in [0, 0.05) is 7.05 Å². The monoisotopic (exact) mass is 406 g/mol. The highest BCUT2D eigenvalue weighted by Gasteiger charge is 2.35. The zero-order chi connectivity index (χ0) is 21.6. The third kappa shape index (κ3) is 9.75. The zero-order valence-corrected chi connectivity index (χ0v) is 18.5. The van der Waals surface area contributed by atoms with Gasteiger partial charge in [-0.15, -0.1) is 11.3 Å². The molecule has 3 nitrogen and oxygen atoms in total. The molecular formula is C20H33F3N2OS. The number of thiophene rings is 1. The Bertz CT molecular complexity index is 644. The minimum absolute atomic E-state index is 0.113. The van der Waals surface area contributed by atoms with Gasteiger partial charge in [-0.1, -0.05) is 60.8 Å². The highest BCUT2D eigenvalue weighted by molar-refractivity contribution is 7.17. The van der Waals surface area contributed by atoms with Crippen LogP contribution in [-0.2, 0) is 13.2 Å². The van der Waals surface area contributed by atoms with Crippen molar-refractivity contribution in [2.75, 3.05) is 0 Å². The van der Waals surface area contributed by atoms with Gasteiger partial charge in [-0.2, -0.15) is 18.3 Å². The number of halogens is 3. The summed E-state index contributed by atoms with van der Waals surface area (Å²) >= 11 is 1.13. The van der Waals surface area contributed by atoms with Crippen LogP contribution in [0.15, 0.2) is 18.2 Å². The summed E-state index contributed by atoms with van der Waals surface area (Å²) < 4.78 is 38.6. The molecule has 0 N–H and O–H groups in total. The van der Waals surface area contributed by atoms with Crippen LogP contribution in [0, 0.1) is 0 Å². The number of ketones is 1. The van der Waals surface area contributed by atoms with Crippen molar-refractivity contribution in [2.45, 2.75) is 73.9 Å². The van der Waals surface area contributed by atoms with E-state index in [1.54, 1.807) is 12.1 Å². The van der Waals surface area contributed by atoms with Crippen molar-refractivity contribution in [3.63, 3.8) is 0 Å². The summed E-state index contributed by atoms with van der Waals surface area (Å²) in [5.41, 5.74) is -0.586. The summed E-state index contributed by atoms with van der Waals surface area (Å²) in [7, 11) is 1.24. The fourth-order valence-corrected chi connectivity index (χ4v) is 2.73. The first-order valence-electron chi connectivity index (χ1n) is 9.43. The van der Waals surface area contributed by atoms with Gasteiger partial charge in [0.05, 0.1) is 9.75 Å². The molecule has 27 heavy (non-hydrogen) atoms. The fraction of sp³-hybridized carbons (Fsp3) is 0.600. The second-order valence-electron chi connectivity index (χ2n) is 5.11. The van der Waals surface area contributed by atoms with Crippen molar-refractivity contribution >= 4 is 17.1 Å². The quantitative estimate of drug-likeness (QED) is 0.489. The Labute approximate surface area is 165 Å². The molecule has 0 spiro atoms. The van der Waals surface area contributed by atoms with Gasteiger partial charge in [0.15, 0.2) is 5.78 Å². The molecule has 0 fully saturated rings. The summed E-state index contributed by atoms with van der Waals surface area (Å²) in [5.74, 6) is -0.113. The van der Waals surface area contributed by atoms with Crippen molar-refractivity contribution in [3.8, 4) is 10.6 Å². The lowest BCUT2D eigenvalue weighted by atomic mass is 10.3. The van der Waals surface area contributed by atoms with Gasteiger partial charge in [-0.3, -0.25) is 9.48 Å². The molecule has 2 heterocycles. The van der Waals surface area contributed by atoms with E-state index in [9.17, 15) is 18.0 Å². The average Bonchev–Trinajstić information content (AvgIpc) is 3.26. The fourth-order valence-electron chi connectivity index (χ4n) is 1.87. The molecule has 0 saturated heterocycles. The zero-order valence-electron chi connectivity index (χ0n) is 17.7. The molecule has 2 aromatic rings. The van der Waals surface area contributed by atoms with E-state index in [0.29, 0.717) is 9.75 Å². The number of rotatable bonds is 4. The molecule has 0 atom stereocenters. The Hall–Kier alpha value is -1.63. The van der Waals surface area contributed by atoms with Gasteiger partial charge in [-0.25, -0.2) is 0 Å². The lowest BCUT2D eigenvalue weighted by Gasteiger charge is -2.04. The highest BCUT2D eigenvalue weighted by Crippen LogP contribution is 2.34. The van der Waals surface area contributed by atoms with Crippen molar-refractivity contribution in [1.82, 2.24) is 9.78 Å².